The van der Waals surface area contributed by atoms with E-state index in [1.165, 1.54) is 24.8 Å². The highest BCUT2D eigenvalue weighted by Crippen LogP contribution is 2.71. The zero-order valence-corrected chi connectivity index (χ0v) is 14.6. The molecule has 1 spiro atoms. The molecule has 0 aromatic heterocycles. The van der Waals surface area contributed by atoms with Gasteiger partial charge in [-0.2, -0.15) is 0 Å². The van der Waals surface area contributed by atoms with Crippen molar-refractivity contribution in [3.63, 3.8) is 0 Å². The van der Waals surface area contributed by atoms with Crippen molar-refractivity contribution in [2.45, 2.75) is 75.9 Å². The lowest BCUT2D eigenvalue weighted by molar-refractivity contribution is -0.207. The van der Waals surface area contributed by atoms with E-state index in [1.807, 2.05) is 0 Å². The Balaban J connectivity index is 1.55. The molecule has 2 N–H and O–H groups in total. The Labute approximate surface area is 147 Å². The monoisotopic (exact) mass is 342 g/mol. The second-order valence-corrected chi connectivity index (χ2v) is 9.40. The van der Waals surface area contributed by atoms with E-state index in [2.05, 4.69) is 0 Å². The van der Waals surface area contributed by atoms with E-state index < -0.39 is 17.1 Å². The first-order chi connectivity index (χ1) is 12.0. The fourth-order valence-electron chi connectivity index (χ4n) is 7.12. The third kappa shape index (κ3) is 1.61. The molecule has 1 aliphatic heterocycles. The van der Waals surface area contributed by atoms with Crippen LogP contribution in [0.1, 0.15) is 64.2 Å². The summed E-state index contributed by atoms with van der Waals surface area (Å²) in [5.74, 6) is 2.67. The molecule has 1 heterocycles. The predicted molar refractivity (Wildman–Crippen MR) is 90.6 cm³/mol. The number of ether oxygens (including phenoxy) is 1. The summed E-state index contributed by atoms with van der Waals surface area (Å²) in [6, 6.07) is 0. The number of aliphatic hydroxyl groups is 2. The van der Waals surface area contributed by atoms with Gasteiger partial charge in [-0.25, -0.2) is 0 Å². The van der Waals surface area contributed by atoms with Crippen LogP contribution in [0.25, 0.3) is 0 Å². The maximum Gasteiger partial charge on any atom is 0.174 e. The van der Waals surface area contributed by atoms with E-state index in [4.69, 9.17) is 4.74 Å². The molecule has 5 atom stereocenters. The molecular formula is C21H26O4. The number of carbonyl (C=O) groups excluding carboxylic acids is 1. The van der Waals surface area contributed by atoms with Crippen molar-refractivity contribution in [1.29, 1.82) is 0 Å². The second-order valence-electron chi connectivity index (χ2n) is 9.40. The Morgan fingerprint density at radius 3 is 2.76 bits per heavy atom. The molecular weight excluding hydrogens is 316 g/mol. The summed E-state index contributed by atoms with van der Waals surface area (Å²) in [4.78, 5) is 12.7. The summed E-state index contributed by atoms with van der Waals surface area (Å²) in [6.45, 7) is 0. The Morgan fingerprint density at radius 1 is 1.12 bits per heavy atom. The van der Waals surface area contributed by atoms with Crippen LogP contribution < -0.4 is 0 Å². The van der Waals surface area contributed by atoms with Gasteiger partial charge in [0.25, 0.3) is 0 Å². The van der Waals surface area contributed by atoms with E-state index >= 15 is 0 Å². The fraction of sp³-hybridized carbons (Fsp3) is 0.762. The van der Waals surface area contributed by atoms with Crippen LogP contribution in [0, 0.1) is 23.2 Å². The van der Waals surface area contributed by atoms with Crippen LogP contribution in [0.15, 0.2) is 22.7 Å². The maximum atomic E-state index is 12.7. The lowest BCUT2D eigenvalue weighted by Gasteiger charge is -2.62. The minimum absolute atomic E-state index is 0.118. The lowest BCUT2D eigenvalue weighted by Crippen LogP contribution is -2.68. The summed E-state index contributed by atoms with van der Waals surface area (Å²) in [5.41, 5.74) is 0.990. The van der Waals surface area contributed by atoms with Gasteiger partial charge in [-0.15, -0.1) is 0 Å². The topological polar surface area (TPSA) is 66.8 Å². The van der Waals surface area contributed by atoms with Crippen molar-refractivity contribution in [1.82, 2.24) is 0 Å². The highest BCUT2D eigenvalue weighted by molar-refractivity contribution is 5.88. The normalized spacial score (nSPS) is 47.7. The predicted octanol–water partition coefficient (Wildman–Crippen LogP) is 3.56. The first-order valence-corrected chi connectivity index (χ1v) is 10.1. The van der Waals surface area contributed by atoms with Crippen LogP contribution >= 0.6 is 0 Å². The molecule has 25 heavy (non-hydrogen) atoms. The molecule has 134 valence electrons. The van der Waals surface area contributed by atoms with Crippen molar-refractivity contribution in [2.75, 3.05) is 0 Å². The molecule has 4 nitrogen and oxygen atoms in total. The fourth-order valence-corrected chi connectivity index (χ4v) is 7.12. The number of rotatable bonds is 2. The van der Waals surface area contributed by atoms with Gasteiger partial charge < -0.3 is 14.9 Å². The highest BCUT2D eigenvalue weighted by Gasteiger charge is 2.74. The average molecular weight is 342 g/mol. The van der Waals surface area contributed by atoms with Crippen LogP contribution in [0.4, 0.5) is 0 Å². The Morgan fingerprint density at radius 2 is 1.96 bits per heavy atom. The van der Waals surface area contributed by atoms with Crippen molar-refractivity contribution in [3.8, 4) is 0 Å². The summed E-state index contributed by atoms with van der Waals surface area (Å²) in [7, 11) is 0. The van der Waals surface area contributed by atoms with Gasteiger partial charge in [0.05, 0.1) is 11.0 Å². The standard InChI is InChI=1S/C21H26O4/c22-15-4-3-13-10-14-12(9-11-1-2-11)5-7-20-17(13)18(15)25-19(20)16(23)6-8-21(14,20)24/h11-12,14,19,22,24H,1-10H2/t12?,14-,19-,20-,21+/m0/s1. The molecule has 4 fully saturated rings. The van der Waals surface area contributed by atoms with Crippen LogP contribution in [0.3, 0.4) is 0 Å². The Bertz CT molecular complexity index is 745. The van der Waals surface area contributed by atoms with Gasteiger partial charge in [0.2, 0.25) is 0 Å². The highest BCUT2D eigenvalue weighted by atomic mass is 16.5. The number of Topliss-reactive ketones (excluding diaryl/α,β-unsaturated/α-hetero) is 1. The van der Waals surface area contributed by atoms with E-state index in [1.54, 1.807) is 0 Å². The molecule has 0 aromatic carbocycles. The maximum absolute atomic E-state index is 12.7. The molecule has 5 aliphatic carbocycles. The summed E-state index contributed by atoms with van der Waals surface area (Å²) >= 11 is 0. The second kappa shape index (κ2) is 4.51. The van der Waals surface area contributed by atoms with Crippen molar-refractivity contribution in [2.24, 2.45) is 23.2 Å². The largest absolute Gasteiger partial charge is 0.508 e. The van der Waals surface area contributed by atoms with Gasteiger partial charge in [0.1, 0.15) is 5.76 Å². The molecule has 6 aliphatic rings. The minimum atomic E-state index is -0.832. The third-order valence-corrected chi connectivity index (χ3v) is 8.34. The van der Waals surface area contributed by atoms with E-state index in [0.717, 1.165) is 37.2 Å². The zero-order chi connectivity index (χ0) is 17.0. The molecule has 2 bridgehead atoms. The quantitative estimate of drug-likeness (QED) is 0.805. The molecule has 0 radical (unpaired) electrons. The number of hydrogen-bond acceptors (Lipinski definition) is 4. The molecule has 0 aromatic rings. The van der Waals surface area contributed by atoms with Crippen LogP contribution in [0.5, 0.6) is 0 Å². The van der Waals surface area contributed by atoms with Crippen molar-refractivity contribution >= 4 is 5.78 Å². The first-order valence-electron chi connectivity index (χ1n) is 10.1. The van der Waals surface area contributed by atoms with Crippen molar-refractivity contribution < 1.29 is 19.7 Å². The van der Waals surface area contributed by atoms with Crippen molar-refractivity contribution in [3.05, 3.63) is 22.7 Å². The lowest BCUT2D eigenvalue weighted by atomic mass is 9.43. The molecule has 4 heteroatoms. The first kappa shape index (κ1) is 14.8. The number of carbonyl (C=O) groups is 1. The summed E-state index contributed by atoms with van der Waals surface area (Å²) < 4.78 is 6.11. The molecule has 1 saturated heterocycles. The zero-order valence-electron chi connectivity index (χ0n) is 14.6. The van der Waals surface area contributed by atoms with E-state index in [9.17, 15) is 15.0 Å². The number of hydrogen-bond donors (Lipinski definition) is 2. The Hall–Kier alpha value is -1.29. The Kier molecular flexibility index (Phi) is 2.68. The van der Waals surface area contributed by atoms with E-state index in [0.29, 0.717) is 30.9 Å². The molecule has 0 amide bonds. The van der Waals surface area contributed by atoms with Crippen LogP contribution in [-0.4, -0.2) is 27.7 Å². The number of allylic oxidation sites excluding steroid dienone is 3. The van der Waals surface area contributed by atoms with Gasteiger partial charge in [-0.05, 0) is 56.3 Å². The number of ketones is 1. The number of aliphatic hydroxyl groups excluding tert-OH is 1. The summed E-state index contributed by atoms with van der Waals surface area (Å²) in [5, 5.41) is 22.5. The SMILES string of the molecule is O=C1CC[C@@]2(O)[C@H]3CC4=C5C(=C(O)CC4)O[C@@H]1[C@]52CCC3CC1CC1. The van der Waals surface area contributed by atoms with Gasteiger partial charge in [-0.3, -0.25) is 4.79 Å². The van der Waals surface area contributed by atoms with Gasteiger partial charge in [0, 0.05) is 18.4 Å². The van der Waals surface area contributed by atoms with Gasteiger partial charge >= 0.3 is 0 Å². The third-order valence-electron chi connectivity index (χ3n) is 8.34. The minimum Gasteiger partial charge on any atom is -0.508 e. The van der Waals surface area contributed by atoms with Gasteiger partial charge in [0.15, 0.2) is 17.6 Å². The molecule has 3 saturated carbocycles. The van der Waals surface area contributed by atoms with Gasteiger partial charge in [-0.1, -0.05) is 18.4 Å². The van der Waals surface area contributed by atoms with Crippen LogP contribution in [0.2, 0.25) is 0 Å². The molecule has 1 unspecified atom stereocenters. The van der Waals surface area contributed by atoms with Crippen LogP contribution in [-0.2, 0) is 9.53 Å². The summed E-state index contributed by atoms with van der Waals surface area (Å²) in [6.07, 6.45) is 8.70. The smallest absolute Gasteiger partial charge is 0.174 e. The van der Waals surface area contributed by atoms with E-state index in [-0.39, 0.29) is 17.5 Å². The molecule has 6 rings (SSSR count). The average Bonchev–Trinajstić information content (AvgIpc) is 3.32.